The Morgan fingerprint density at radius 1 is 0.860 bits per heavy atom. The molecule has 0 aliphatic carbocycles. The first kappa shape index (κ1) is 29.4. The van der Waals surface area contributed by atoms with Crippen LogP contribution in [0.15, 0.2) is 77.2 Å². The van der Waals surface area contributed by atoms with Gasteiger partial charge in [0.05, 0.1) is 51.8 Å². The first-order chi connectivity index (χ1) is 20.5. The molecular weight excluding hydrogens is 569 g/mol. The van der Waals surface area contributed by atoms with Crippen LogP contribution < -0.4 is 29.2 Å². The van der Waals surface area contributed by atoms with Gasteiger partial charge in [0, 0.05) is 17.7 Å². The number of β-lactam (4-membered cyclic amide) rings is 1. The lowest BCUT2D eigenvalue weighted by atomic mass is 9.79. The molecule has 1 unspecified atom stereocenters. The maximum absolute atomic E-state index is 14.3. The molecule has 9 nitrogen and oxygen atoms in total. The Morgan fingerprint density at radius 3 is 2.16 bits per heavy atom. The van der Waals surface area contributed by atoms with Gasteiger partial charge < -0.3 is 28.7 Å². The van der Waals surface area contributed by atoms with Crippen LogP contribution in [0.4, 0.5) is 24.5 Å². The minimum absolute atomic E-state index is 0.0174. The number of nitrogens with zero attached hydrogens (tertiary/aromatic N) is 1. The number of hydrogen-bond donors (Lipinski definition) is 1. The van der Waals surface area contributed by atoms with Gasteiger partial charge in [-0.2, -0.15) is 13.2 Å². The molecule has 0 radical (unpaired) electrons. The monoisotopic (exact) mass is 596 g/mol. The Balaban J connectivity index is 1.66. The third-order valence-corrected chi connectivity index (χ3v) is 7.18. The normalized spacial score (nSPS) is 16.3. The highest BCUT2D eigenvalue weighted by Crippen LogP contribution is 2.50. The second kappa shape index (κ2) is 11.3. The van der Waals surface area contributed by atoms with Gasteiger partial charge in [-0.15, -0.1) is 0 Å². The summed E-state index contributed by atoms with van der Waals surface area (Å²) in [6.07, 6.45) is -4.89. The van der Waals surface area contributed by atoms with Crippen LogP contribution in [0.1, 0.15) is 17.7 Å². The van der Waals surface area contributed by atoms with Gasteiger partial charge in [-0.25, -0.2) is 0 Å². The van der Waals surface area contributed by atoms with E-state index in [1.54, 1.807) is 36.4 Å². The van der Waals surface area contributed by atoms with E-state index in [9.17, 15) is 22.8 Å². The molecule has 0 bridgehead atoms. The number of nitrogens with one attached hydrogen (secondary N) is 1. The van der Waals surface area contributed by atoms with Crippen molar-refractivity contribution in [1.29, 1.82) is 0 Å². The quantitative estimate of drug-likeness (QED) is 0.227. The Morgan fingerprint density at radius 2 is 1.53 bits per heavy atom. The fraction of sp³-hybridized carbons (Fsp3) is 0.226. The molecule has 1 aliphatic heterocycles. The van der Waals surface area contributed by atoms with Crippen molar-refractivity contribution in [3.05, 3.63) is 84.1 Å². The molecule has 1 saturated heterocycles. The number of benzene rings is 3. The number of carbonyl (C=O) groups excluding carboxylic acids is 2. The van der Waals surface area contributed by atoms with E-state index in [1.165, 1.54) is 57.6 Å². The van der Waals surface area contributed by atoms with Crippen molar-refractivity contribution in [3.8, 4) is 34.3 Å². The number of methoxy groups -OCH3 is 4. The van der Waals surface area contributed by atoms with Crippen LogP contribution in [0, 0.1) is 0 Å². The number of rotatable bonds is 9. The Hall–Kier alpha value is -5.13. The number of alkyl halides is 3. The molecule has 224 valence electrons. The zero-order chi connectivity index (χ0) is 30.9. The molecule has 3 aromatic carbocycles. The summed E-state index contributed by atoms with van der Waals surface area (Å²) in [5, 5.41) is 2.82. The van der Waals surface area contributed by atoms with Gasteiger partial charge in [-0.05, 0) is 48.5 Å². The summed E-state index contributed by atoms with van der Waals surface area (Å²) in [5.41, 5.74) is -2.01. The van der Waals surface area contributed by atoms with Crippen molar-refractivity contribution in [1.82, 2.24) is 0 Å². The highest BCUT2D eigenvalue weighted by molar-refractivity contribution is 6.17. The molecule has 0 saturated carbocycles. The van der Waals surface area contributed by atoms with Crippen LogP contribution in [0.5, 0.6) is 23.0 Å². The first-order valence-corrected chi connectivity index (χ1v) is 12.9. The summed E-state index contributed by atoms with van der Waals surface area (Å²) in [6.45, 7) is 0. The lowest BCUT2D eigenvalue weighted by molar-refractivity contribution is -0.138. The van der Waals surface area contributed by atoms with Crippen LogP contribution in [0.3, 0.4) is 0 Å². The Labute approximate surface area is 244 Å². The minimum Gasteiger partial charge on any atom is -0.497 e. The van der Waals surface area contributed by atoms with Crippen molar-refractivity contribution in [3.63, 3.8) is 0 Å². The molecule has 1 fully saturated rings. The molecule has 1 aliphatic rings. The summed E-state index contributed by atoms with van der Waals surface area (Å²) >= 11 is 0. The molecule has 5 rings (SSSR count). The average molecular weight is 597 g/mol. The van der Waals surface area contributed by atoms with Crippen molar-refractivity contribution in [2.45, 2.75) is 18.1 Å². The zero-order valence-corrected chi connectivity index (χ0v) is 23.6. The van der Waals surface area contributed by atoms with Gasteiger partial charge in [0.2, 0.25) is 5.91 Å². The van der Waals surface area contributed by atoms with Crippen LogP contribution >= 0.6 is 0 Å². The predicted molar refractivity (Wildman–Crippen MR) is 151 cm³/mol. The van der Waals surface area contributed by atoms with Crippen molar-refractivity contribution < 1.29 is 46.1 Å². The Kier molecular flexibility index (Phi) is 7.70. The highest BCUT2D eigenvalue weighted by atomic mass is 19.4. The number of anilines is 2. The average Bonchev–Trinajstić information content (AvgIpc) is 3.49. The van der Waals surface area contributed by atoms with Gasteiger partial charge in [-0.1, -0.05) is 12.1 Å². The van der Waals surface area contributed by atoms with E-state index >= 15 is 0 Å². The summed E-state index contributed by atoms with van der Waals surface area (Å²) in [7, 11) is 5.76. The molecule has 1 aromatic heterocycles. The number of halogens is 3. The van der Waals surface area contributed by atoms with E-state index in [0.717, 1.165) is 12.1 Å². The topological polar surface area (TPSA) is 99.5 Å². The van der Waals surface area contributed by atoms with E-state index in [4.69, 9.17) is 23.4 Å². The van der Waals surface area contributed by atoms with Crippen LogP contribution in [-0.4, -0.2) is 40.3 Å². The third-order valence-electron chi connectivity index (χ3n) is 7.18. The fourth-order valence-corrected chi connectivity index (χ4v) is 5.00. The van der Waals surface area contributed by atoms with E-state index in [-0.39, 0.29) is 40.6 Å². The molecule has 1 atom stereocenters. The lowest BCUT2D eigenvalue weighted by Gasteiger charge is -2.49. The smallest absolute Gasteiger partial charge is 0.416 e. The Bertz CT molecular complexity index is 1680. The number of hydrogen-bond acceptors (Lipinski definition) is 7. The third kappa shape index (κ3) is 5.20. The second-order valence-electron chi connectivity index (χ2n) is 9.57. The number of furan rings is 1. The maximum atomic E-state index is 14.3. The minimum atomic E-state index is -4.57. The van der Waals surface area contributed by atoms with Crippen molar-refractivity contribution >= 4 is 23.2 Å². The van der Waals surface area contributed by atoms with Gasteiger partial charge in [0.15, 0.2) is 5.54 Å². The number of ether oxygens (including phenoxy) is 4. The zero-order valence-electron chi connectivity index (χ0n) is 23.6. The molecule has 1 N–H and O–H groups in total. The molecule has 0 spiro atoms. The van der Waals surface area contributed by atoms with E-state index < -0.39 is 29.1 Å². The lowest BCUT2D eigenvalue weighted by Crippen LogP contribution is -2.67. The second-order valence-corrected chi connectivity index (χ2v) is 9.57. The van der Waals surface area contributed by atoms with Gasteiger partial charge in [0.1, 0.15) is 34.5 Å². The van der Waals surface area contributed by atoms with Crippen LogP contribution in [0.2, 0.25) is 0 Å². The highest BCUT2D eigenvalue weighted by Gasteiger charge is 2.61. The molecule has 43 heavy (non-hydrogen) atoms. The standard InChI is InChI=1S/C31H27F3N2O7/c1-39-20-8-10-25(41-3)22(15-20)35-29(38)30(17-28(37)36(30)23-16-21(40-2)9-11-26(23)42-4)27-13-12-24(43-27)18-6-5-7-19(14-18)31(32,33)34/h5-16H,17H2,1-4H3,(H,35,38). The van der Waals surface area contributed by atoms with E-state index in [1.807, 2.05) is 0 Å². The molecule has 4 aromatic rings. The van der Waals surface area contributed by atoms with Crippen molar-refractivity contribution in [2.75, 3.05) is 38.7 Å². The molecule has 2 heterocycles. The van der Waals surface area contributed by atoms with Gasteiger partial charge in [-0.3, -0.25) is 14.5 Å². The SMILES string of the molecule is COc1ccc(OC)c(NC(=O)C2(c3ccc(-c4cccc(C(F)(F)F)c4)o3)CC(=O)N2c2cc(OC)ccc2OC)c1. The summed E-state index contributed by atoms with van der Waals surface area (Å²) in [4.78, 5) is 28.9. The molecular formula is C31H27F3N2O7. The van der Waals surface area contributed by atoms with Crippen molar-refractivity contribution in [2.24, 2.45) is 0 Å². The van der Waals surface area contributed by atoms with Gasteiger partial charge in [0.25, 0.3) is 5.91 Å². The molecule has 12 heteroatoms. The summed E-state index contributed by atoms with van der Waals surface area (Å²) in [6, 6.07) is 17.1. The van der Waals surface area contributed by atoms with Gasteiger partial charge >= 0.3 is 6.18 Å². The fourth-order valence-electron chi connectivity index (χ4n) is 5.00. The summed E-state index contributed by atoms with van der Waals surface area (Å²) in [5.74, 6) is 0.409. The first-order valence-electron chi connectivity index (χ1n) is 12.9. The number of amides is 2. The van der Waals surface area contributed by atoms with Crippen LogP contribution in [0.25, 0.3) is 11.3 Å². The van der Waals surface area contributed by atoms with Crippen LogP contribution in [-0.2, 0) is 21.3 Å². The predicted octanol–water partition coefficient (Wildman–Crippen LogP) is 6.27. The summed E-state index contributed by atoms with van der Waals surface area (Å²) < 4.78 is 67.9. The maximum Gasteiger partial charge on any atom is 0.416 e. The number of carbonyl (C=O) groups is 2. The molecule has 2 amide bonds. The largest absolute Gasteiger partial charge is 0.497 e. The van der Waals surface area contributed by atoms with E-state index in [0.29, 0.717) is 17.2 Å². The van der Waals surface area contributed by atoms with E-state index in [2.05, 4.69) is 5.32 Å².